The zero-order valence-corrected chi connectivity index (χ0v) is 16.1. The first kappa shape index (κ1) is 19.4. The molecule has 4 rings (SSSR count). The SMILES string of the molecule is O=C(NC1CCN(c2ccc(C(F)(F)F)cn2)C1)c1ccc(-c2ccsc2)cc1. The van der Waals surface area contributed by atoms with Crippen LogP contribution in [0.4, 0.5) is 19.0 Å². The molecule has 1 aliphatic rings. The van der Waals surface area contributed by atoms with Gasteiger partial charge in [0.2, 0.25) is 0 Å². The summed E-state index contributed by atoms with van der Waals surface area (Å²) < 4.78 is 38.0. The van der Waals surface area contributed by atoms with Crippen molar-refractivity contribution in [2.75, 3.05) is 18.0 Å². The number of aromatic nitrogens is 1. The van der Waals surface area contributed by atoms with Crippen LogP contribution in [0.15, 0.2) is 59.4 Å². The Kier molecular flexibility index (Phi) is 5.27. The van der Waals surface area contributed by atoms with Gasteiger partial charge in [-0.1, -0.05) is 12.1 Å². The monoisotopic (exact) mass is 417 g/mol. The van der Waals surface area contributed by atoms with Gasteiger partial charge >= 0.3 is 6.18 Å². The van der Waals surface area contributed by atoms with E-state index in [0.717, 1.165) is 23.4 Å². The number of hydrogen-bond donors (Lipinski definition) is 1. The number of rotatable bonds is 4. The van der Waals surface area contributed by atoms with E-state index in [1.165, 1.54) is 6.07 Å². The minimum atomic E-state index is -4.40. The van der Waals surface area contributed by atoms with Crippen LogP contribution in [-0.2, 0) is 6.18 Å². The lowest BCUT2D eigenvalue weighted by Gasteiger charge is -2.18. The summed E-state index contributed by atoms with van der Waals surface area (Å²) in [5, 5.41) is 7.06. The van der Waals surface area contributed by atoms with Gasteiger partial charge in [-0.15, -0.1) is 0 Å². The second-order valence-corrected chi connectivity index (χ2v) is 7.68. The molecule has 1 saturated heterocycles. The van der Waals surface area contributed by atoms with E-state index in [1.54, 1.807) is 23.5 Å². The molecule has 0 bridgehead atoms. The first-order valence-corrected chi connectivity index (χ1v) is 10.1. The third kappa shape index (κ3) is 4.42. The minimum absolute atomic E-state index is 0.0804. The van der Waals surface area contributed by atoms with Crippen molar-refractivity contribution in [3.05, 3.63) is 70.5 Å². The highest BCUT2D eigenvalue weighted by Gasteiger charge is 2.31. The van der Waals surface area contributed by atoms with E-state index in [2.05, 4.69) is 15.7 Å². The molecule has 4 nitrogen and oxygen atoms in total. The first-order valence-electron chi connectivity index (χ1n) is 9.12. The number of amides is 1. The largest absolute Gasteiger partial charge is 0.417 e. The van der Waals surface area contributed by atoms with Crippen molar-refractivity contribution in [1.82, 2.24) is 10.3 Å². The standard InChI is InChI=1S/C21H18F3N3OS/c22-21(23,24)17-5-6-19(25-11-17)27-9-7-18(12-27)26-20(28)15-3-1-14(2-4-15)16-8-10-29-13-16/h1-6,8,10-11,13,18H,7,9,12H2,(H,26,28). The molecule has 8 heteroatoms. The van der Waals surface area contributed by atoms with Crippen molar-refractivity contribution in [3.8, 4) is 11.1 Å². The van der Waals surface area contributed by atoms with Crippen LogP contribution in [0.1, 0.15) is 22.3 Å². The highest BCUT2D eigenvalue weighted by Crippen LogP contribution is 2.30. The normalized spacial score (nSPS) is 16.8. The van der Waals surface area contributed by atoms with Crippen molar-refractivity contribution in [2.45, 2.75) is 18.6 Å². The highest BCUT2D eigenvalue weighted by molar-refractivity contribution is 7.08. The summed E-state index contributed by atoms with van der Waals surface area (Å²) in [5.41, 5.74) is 1.99. The molecule has 150 valence electrons. The second kappa shape index (κ2) is 7.87. The van der Waals surface area contributed by atoms with E-state index in [1.807, 2.05) is 28.5 Å². The van der Waals surface area contributed by atoms with Gasteiger partial charge in [0.1, 0.15) is 5.82 Å². The van der Waals surface area contributed by atoms with Crippen LogP contribution < -0.4 is 10.2 Å². The van der Waals surface area contributed by atoms with Gasteiger partial charge < -0.3 is 10.2 Å². The number of hydrogen-bond acceptors (Lipinski definition) is 4. The van der Waals surface area contributed by atoms with E-state index >= 15 is 0 Å². The molecule has 1 unspecified atom stereocenters. The van der Waals surface area contributed by atoms with Gasteiger partial charge in [-0.25, -0.2) is 4.98 Å². The predicted octanol–water partition coefficient (Wildman–Crippen LogP) is 4.84. The third-order valence-electron chi connectivity index (χ3n) is 4.92. The predicted molar refractivity (Wildman–Crippen MR) is 107 cm³/mol. The van der Waals surface area contributed by atoms with Gasteiger partial charge in [-0.2, -0.15) is 24.5 Å². The van der Waals surface area contributed by atoms with Crippen molar-refractivity contribution >= 4 is 23.1 Å². The molecule has 2 aromatic heterocycles. The molecule has 0 saturated carbocycles. The Morgan fingerprint density at radius 3 is 2.52 bits per heavy atom. The number of pyridine rings is 1. The summed E-state index contributed by atoms with van der Waals surface area (Å²) in [6.45, 7) is 1.14. The maximum absolute atomic E-state index is 12.7. The van der Waals surface area contributed by atoms with E-state index in [0.29, 0.717) is 30.9 Å². The van der Waals surface area contributed by atoms with Crippen molar-refractivity contribution in [3.63, 3.8) is 0 Å². The molecule has 1 N–H and O–H groups in total. The molecule has 1 aromatic carbocycles. The lowest BCUT2D eigenvalue weighted by atomic mass is 10.1. The minimum Gasteiger partial charge on any atom is -0.354 e. The van der Waals surface area contributed by atoms with Crippen LogP contribution in [0.25, 0.3) is 11.1 Å². The quantitative estimate of drug-likeness (QED) is 0.661. The number of thiophene rings is 1. The number of nitrogens with zero attached hydrogens (tertiary/aromatic N) is 2. The van der Waals surface area contributed by atoms with Crippen LogP contribution in [0.3, 0.4) is 0 Å². The summed E-state index contributed by atoms with van der Waals surface area (Å²) in [6.07, 6.45) is -2.84. The fraction of sp³-hybridized carbons (Fsp3) is 0.238. The fourth-order valence-electron chi connectivity index (χ4n) is 3.34. The molecular weight excluding hydrogens is 399 g/mol. The molecule has 1 atom stereocenters. The second-order valence-electron chi connectivity index (χ2n) is 6.90. The van der Waals surface area contributed by atoms with Crippen molar-refractivity contribution < 1.29 is 18.0 Å². The third-order valence-corrected chi connectivity index (χ3v) is 5.61. The lowest BCUT2D eigenvalue weighted by molar-refractivity contribution is -0.137. The molecule has 3 aromatic rings. The van der Waals surface area contributed by atoms with Crippen LogP contribution in [0.5, 0.6) is 0 Å². The molecule has 0 radical (unpaired) electrons. The Hall–Kier alpha value is -2.87. The number of nitrogens with one attached hydrogen (secondary N) is 1. The van der Waals surface area contributed by atoms with Crippen LogP contribution in [0, 0.1) is 0 Å². The van der Waals surface area contributed by atoms with Gasteiger partial charge in [-0.3, -0.25) is 4.79 Å². The van der Waals surface area contributed by atoms with Crippen LogP contribution in [-0.4, -0.2) is 30.0 Å². The maximum atomic E-state index is 12.7. The zero-order chi connectivity index (χ0) is 20.4. The van der Waals surface area contributed by atoms with Crippen LogP contribution in [0.2, 0.25) is 0 Å². The van der Waals surface area contributed by atoms with Gasteiger partial charge in [0.05, 0.1) is 5.56 Å². The summed E-state index contributed by atoms with van der Waals surface area (Å²) >= 11 is 1.62. The Bertz CT molecular complexity index is 970. The van der Waals surface area contributed by atoms with Crippen LogP contribution >= 0.6 is 11.3 Å². The summed E-state index contributed by atoms with van der Waals surface area (Å²) in [4.78, 5) is 18.3. The summed E-state index contributed by atoms with van der Waals surface area (Å²) in [5.74, 6) is 0.323. The molecule has 0 spiro atoms. The number of halogens is 3. The molecule has 0 aliphatic carbocycles. The number of alkyl halides is 3. The molecule has 1 fully saturated rings. The zero-order valence-electron chi connectivity index (χ0n) is 15.3. The van der Waals surface area contributed by atoms with E-state index in [4.69, 9.17) is 0 Å². The molecule has 3 heterocycles. The molecule has 1 aliphatic heterocycles. The highest BCUT2D eigenvalue weighted by atomic mass is 32.1. The van der Waals surface area contributed by atoms with Gasteiger partial charge in [0.25, 0.3) is 5.91 Å². The molecular formula is C21H18F3N3OS. The van der Waals surface area contributed by atoms with Gasteiger partial charge in [-0.05, 0) is 58.6 Å². The van der Waals surface area contributed by atoms with E-state index in [9.17, 15) is 18.0 Å². The van der Waals surface area contributed by atoms with E-state index in [-0.39, 0.29) is 11.9 Å². The topological polar surface area (TPSA) is 45.2 Å². The number of carbonyl (C=O) groups is 1. The Morgan fingerprint density at radius 1 is 1.10 bits per heavy atom. The number of carbonyl (C=O) groups excluding carboxylic acids is 1. The Balaban J connectivity index is 1.35. The lowest BCUT2D eigenvalue weighted by Crippen LogP contribution is -2.37. The smallest absolute Gasteiger partial charge is 0.354 e. The van der Waals surface area contributed by atoms with Crippen molar-refractivity contribution in [2.24, 2.45) is 0 Å². The average Bonchev–Trinajstić information content (AvgIpc) is 3.40. The molecule has 1 amide bonds. The summed E-state index contributed by atoms with van der Waals surface area (Å²) in [6, 6.07) is 11.8. The first-order chi connectivity index (χ1) is 13.9. The Morgan fingerprint density at radius 2 is 1.90 bits per heavy atom. The summed E-state index contributed by atoms with van der Waals surface area (Å²) in [7, 11) is 0. The fourth-order valence-corrected chi connectivity index (χ4v) is 4.00. The van der Waals surface area contributed by atoms with E-state index < -0.39 is 11.7 Å². The van der Waals surface area contributed by atoms with Gasteiger partial charge in [0, 0.05) is 30.9 Å². The van der Waals surface area contributed by atoms with Crippen molar-refractivity contribution in [1.29, 1.82) is 0 Å². The molecule has 29 heavy (non-hydrogen) atoms. The van der Waals surface area contributed by atoms with Gasteiger partial charge in [0.15, 0.2) is 0 Å². The number of anilines is 1. The Labute approximate surface area is 170 Å². The maximum Gasteiger partial charge on any atom is 0.417 e. The average molecular weight is 417 g/mol. The number of benzene rings is 1.